The second kappa shape index (κ2) is 8.61. The Labute approximate surface area is 199 Å². The first-order valence-electron chi connectivity index (χ1n) is 10.2. The van der Waals surface area contributed by atoms with Gasteiger partial charge in [-0.25, -0.2) is 4.98 Å². The van der Waals surface area contributed by atoms with Gasteiger partial charge in [-0.3, -0.25) is 15.4 Å². The Morgan fingerprint density at radius 3 is 2.52 bits per heavy atom. The summed E-state index contributed by atoms with van der Waals surface area (Å²) in [5, 5.41) is 20.3. The molecule has 3 aromatic carbocycles. The number of rotatable bonds is 5. The van der Waals surface area contributed by atoms with Gasteiger partial charge in [0.25, 0.3) is 0 Å². The molecule has 0 radical (unpaired) electrons. The summed E-state index contributed by atoms with van der Waals surface area (Å²) in [5.74, 6) is 0.626. The van der Waals surface area contributed by atoms with Crippen LogP contribution in [-0.4, -0.2) is 27.9 Å². The van der Waals surface area contributed by atoms with Crippen molar-refractivity contribution >= 4 is 51.7 Å². The van der Waals surface area contributed by atoms with Crippen LogP contribution in [0.3, 0.4) is 0 Å². The summed E-state index contributed by atoms with van der Waals surface area (Å²) in [4.78, 5) is 10.8. The summed E-state index contributed by atoms with van der Waals surface area (Å²) < 4.78 is 1.40. The number of aromatic nitrogens is 3. The topological polar surface area (TPSA) is 81.7 Å². The van der Waals surface area contributed by atoms with E-state index >= 15 is 0 Å². The van der Waals surface area contributed by atoms with Gasteiger partial charge < -0.3 is 4.90 Å². The van der Waals surface area contributed by atoms with Gasteiger partial charge in [-0.15, -0.1) is 11.3 Å². The van der Waals surface area contributed by atoms with Crippen LogP contribution >= 0.6 is 22.9 Å². The average Bonchev–Trinajstić information content (AvgIpc) is 3.38. The van der Waals surface area contributed by atoms with Crippen LogP contribution in [-0.2, 0) is 0 Å². The second-order valence-corrected chi connectivity index (χ2v) is 8.77. The zero-order chi connectivity index (χ0) is 22.9. The van der Waals surface area contributed by atoms with Crippen molar-refractivity contribution in [3.63, 3.8) is 0 Å². The Morgan fingerprint density at radius 2 is 1.79 bits per heavy atom. The highest BCUT2D eigenvalue weighted by molar-refractivity contribution is 7.13. The molecule has 2 N–H and O–H groups in total. The quantitative estimate of drug-likeness (QED) is 0.237. The molecule has 0 unspecified atom stereocenters. The van der Waals surface area contributed by atoms with Gasteiger partial charge in [-0.1, -0.05) is 48.0 Å². The number of anilines is 2. The maximum Gasteiger partial charge on any atom is 0.229 e. The SMILES string of the molecule is CN(c1cccc(-c2ccc(-c3nccs3)cc2)c1)c1nc(=N)n(C=N)c2cc(Cl)ccc12. The Bertz CT molecular complexity index is 1520. The minimum absolute atomic E-state index is 0.0319. The van der Waals surface area contributed by atoms with Crippen LogP contribution in [0, 0.1) is 10.8 Å². The molecule has 0 spiro atoms. The van der Waals surface area contributed by atoms with Crippen molar-refractivity contribution in [2.45, 2.75) is 0 Å². The zero-order valence-corrected chi connectivity index (χ0v) is 19.2. The summed E-state index contributed by atoms with van der Waals surface area (Å²) in [5.41, 5.74) is 4.85. The third-order valence-electron chi connectivity index (χ3n) is 5.48. The first-order chi connectivity index (χ1) is 16.0. The fraction of sp³-hybridized carbons (Fsp3) is 0.0400. The van der Waals surface area contributed by atoms with E-state index in [4.69, 9.17) is 22.4 Å². The Balaban J connectivity index is 1.55. The average molecular weight is 471 g/mol. The molecule has 0 saturated carbocycles. The normalized spacial score (nSPS) is 11.0. The molecular weight excluding hydrogens is 452 g/mol. The molecule has 0 atom stereocenters. The van der Waals surface area contributed by atoms with E-state index in [0.717, 1.165) is 39.1 Å². The number of hydrogen-bond donors (Lipinski definition) is 2. The lowest BCUT2D eigenvalue weighted by Crippen LogP contribution is -2.26. The zero-order valence-electron chi connectivity index (χ0n) is 17.7. The smallest absolute Gasteiger partial charge is 0.229 e. The summed E-state index contributed by atoms with van der Waals surface area (Å²) in [6, 6.07) is 22.0. The molecule has 8 heteroatoms. The maximum absolute atomic E-state index is 8.30. The van der Waals surface area contributed by atoms with Crippen LogP contribution in [0.15, 0.2) is 78.3 Å². The molecule has 0 fully saturated rings. The van der Waals surface area contributed by atoms with Gasteiger partial charge in [0.1, 0.15) is 10.8 Å². The fourth-order valence-corrected chi connectivity index (χ4v) is 4.61. The molecule has 0 aliphatic heterocycles. The molecule has 0 saturated heterocycles. The highest BCUT2D eigenvalue weighted by Crippen LogP contribution is 2.32. The number of hydrogen-bond acceptors (Lipinski definition) is 6. The molecule has 5 aromatic rings. The van der Waals surface area contributed by atoms with Crippen molar-refractivity contribution < 1.29 is 0 Å². The van der Waals surface area contributed by atoms with Gasteiger partial charge in [0.2, 0.25) is 5.62 Å². The molecule has 162 valence electrons. The number of nitrogens with one attached hydrogen (secondary N) is 2. The number of fused-ring (bicyclic) bond motifs is 1. The van der Waals surface area contributed by atoms with Crippen LogP contribution in [0.25, 0.3) is 32.6 Å². The third-order valence-corrected chi connectivity index (χ3v) is 6.54. The van der Waals surface area contributed by atoms with Crippen molar-refractivity contribution in [3.05, 3.63) is 88.9 Å². The number of thiazole rings is 1. The minimum atomic E-state index is -0.0319. The summed E-state index contributed by atoms with van der Waals surface area (Å²) in [7, 11) is 1.93. The predicted molar refractivity (Wildman–Crippen MR) is 136 cm³/mol. The van der Waals surface area contributed by atoms with Gasteiger partial charge in [-0.05, 0) is 41.5 Å². The van der Waals surface area contributed by atoms with Crippen LogP contribution in [0.2, 0.25) is 5.02 Å². The van der Waals surface area contributed by atoms with Gasteiger partial charge in [-0.2, -0.15) is 4.98 Å². The first kappa shape index (κ1) is 21.1. The van der Waals surface area contributed by atoms with Crippen molar-refractivity contribution in [1.29, 1.82) is 10.8 Å². The maximum atomic E-state index is 8.30. The Kier molecular flexibility index (Phi) is 5.50. The monoisotopic (exact) mass is 470 g/mol. The lowest BCUT2D eigenvalue weighted by molar-refractivity contribution is 0.915. The lowest BCUT2D eigenvalue weighted by Gasteiger charge is -2.22. The van der Waals surface area contributed by atoms with E-state index in [2.05, 4.69) is 46.4 Å². The van der Waals surface area contributed by atoms with Crippen molar-refractivity contribution in [2.24, 2.45) is 0 Å². The van der Waals surface area contributed by atoms with E-state index in [0.29, 0.717) is 16.4 Å². The van der Waals surface area contributed by atoms with E-state index < -0.39 is 0 Å². The van der Waals surface area contributed by atoms with Gasteiger partial charge in [0.05, 0.1) is 11.9 Å². The molecule has 2 aromatic heterocycles. The summed E-state index contributed by atoms with van der Waals surface area (Å²) in [6.45, 7) is 0. The van der Waals surface area contributed by atoms with Crippen LogP contribution < -0.4 is 10.5 Å². The largest absolute Gasteiger partial charge is 0.329 e. The molecule has 6 nitrogen and oxygen atoms in total. The molecule has 5 rings (SSSR count). The van der Waals surface area contributed by atoms with Crippen molar-refractivity contribution in [1.82, 2.24) is 14.5 Å². The van der Waals surface area contributed by atoms with Crippen molar-refractivity contribution in [2.75, 3.05) is 11.9 Å². The number of halogens is 1. The molecule has 33 heavy (non-hydrogen) atoms. The van der Waals surface area contributed by atoms with Crippen LogP contribution in [0.5, 0.6) is 0 Å². The Morgan fingerprint density at radius 1 is 1.00 bits per heavy atom. The molecular formula is C25H19ClN6S. The number of benzene rings is 3. The highest BCUT2D eigenvalue weighted by atomic mass is 35.5. The predicted octanol–water partition coefficient (Wildman–Crippen LogP) is 6.18. The van der Waals surface area contributed by atoms with Gasteiger partial charge >= 0.3 is 0 Å². The van der Waals surface area contributed by atoms with E-state index in [-0.39, 0.29) is 5.62 Å². The number of nitrogens with zero attached hydrogens (tertiary/aromatic N) is 4. The van der Waals surface area contributed by atoms with Crippen molar-refractivity contribution in [3.8, 4) is 21.7 Å². The van der Waals surface area contributed by atoms with E-state index in [1.165, 1.54) is 4.57 Å². The van der Waals surface area contributed by atoms with Gasteiger partial charge in [0.15, 0.2) is 0 Å². The standard InChI is InChI=1S/C25H19ClN6S/c1-31(23-21-10-9-19(26)14-22(21)32(15-27)25(28)30-23)20-4-2-3-18(13-20)16-5-7-17(8-6-16)24-29-11-12-33-24/h2-15,27-28H,1H3. The highest BCUT2D eigenvalue weighted by Gasteiger charge is 2.14. The summed E-state index contributed by atoms with van der Waals surface area (Å²) in [6.07, 6.45) is 2.89. The van der Waals surface area contributed by atoms with Gasteiger partial charge in [0, 0.05) is 40.3 Å². The second-order valence-electron chi connectivity index (χ2n) is 7.44. The molecule has 2 heterocycles. The van der Waals surface area contributed by atoms with Crippen LogP contribution in [0.1, 0.15) is 0 Å². The first-order valence-corrected chi connectivity index (χ1v) is 11.4. The Hall–Kier alpha value is -3.81. The fourth-order valence-electron chi connectivity index (χ4n) is 3.80. The third kappa shape index (κ3) is 3.92. The molecule has 0 bridgehead atoms. The van der Waals surface area contributed by atoms with E-state index in [1.807, 2.05) is 41.7 Å². The van der Waals surface area contributed by atoms with E-state index in [9.17, 15) is 0 Å². The lowest BCUT2D eigenvalue weighted by atomic mass is 10.0. The summed E-state index contributed by atoms with van der Waals surface area (Å²) >= 11 is 7.82. The molecule has 0 aliphatic carbocycles. The van der Waals surface area contributed by atoms with E-state index in [1.54, 1.807) is 23.5 Å². The molecule has 0 amide bonds. The van der Waals surface area contributed by atoms with Crippen LogP contribution in [0.4, 0.5) is 11.5 Å². The molecule has 0 aliphatic rings. The minimum Gasteiger partial charge on any atom is -0.329 e.